The van der Waals surface area contributed by atoms with Crippen LogP contribution in [0.5, 0.6) is 0 Å². The minimum Gasteiger partial charge on any atom is -0.404 e. The van der Waals surface area contributed by atoms with E-state index < -0.39 is 0 Å². The predicted octanol–water partition coefficient (Wildman–Crippen LogP) is 4.82. The zero-order valence-electron chi connectivity index (χ0n) is 24.7. The molecule has 8 nitrogen and oxygen atoms in total. The molecule has 0 saturated carbocycles. The second kappa shape index (κ2) is 13.1. The molecule has 2 aromatic heterocycles. The highest BCUT2D eigenvalue weighted by molar-refractivity contribution is 7.19. The molecule has 2 aromatic rings. The van der Waals surface area contributed by atoms with Gasteiger partial charge in [0.05, 0.1) is 24.4 Å². The van der Waals surface area contributed by atoms with E-state index >= 15 is 0 Å². The smallest absolute Gasteiger partial charge is 0.179 e. The van der Waals surface area contributed by atoms with Gasteiger partial charge in [-0.15, -0.1) is 11.3 Å². The SMILES string of the molecule is C/C(CN(C)C#N)=C(C)/C(=C\N)c1[nH]c2sc(C3COC4(CCN(CC=O)CC4)C3)c(C)c2c1C(C)C.CN. The van der Waals surface area contributed by atoms with Gasteiger partial charge in [0.1, 0.15) is 11.1 Å². The van der Waals surface area contributed by atoms with Crippen LogP contribution in [-0.2, 0) is 9.53 Å². The highest BCUT2D eigenvalue weighted by Crippen LogP contribution is 2.49. The number of likely N-dealkylation sites (tertiary alicyclic amines) is 1. The number of nitrogens with zero attached hydrogens (tertiary/aromatic N) is 3. The molecule has 0 aromatic carbocycles. The van der Waals surface area contributed by atoms with E-state index in [1.165, 1.54) is 33.3 Å². The van der Waals surface area contributed by atoms with Crippen molar-refractivity contribution in [3.05, 3.63) is 39.0 Å². The third-order valence-corrected chi connectivity index (χ3v) is 9.71. The van der Waals surface area contributed by atoms with Crippen molar-refractivity contribution in [3.63, 3.8) is 0 Å². The normalized spacial score (nSPS) is 20.1. The minimum absolute atomic E-state index is 0.0499. The summed E-state index contributed by atoms with van der Waals surface area (Å²) in [5.74, 6) is 0.727. The summed E-state index contributed by atoms with van der Waals surface area (Å²) >= 11 is 1.86. The number of nitriles is 1. The Bertz CT molecular complexity index is 1260. The molecule has 4 heterocycles. The number of fused-ring (bicyclic) bond motifs is 1. The molecule has 214 valence electrons. The molecule has 5 N–H and O–H groups in total. The van der Waals surface area contributed by atoms with E-state index in [2.05, 4.69) is 56.4 Å². The Kier molecular flexibility index (Phi) is 10.4. The molecule has 1 spiro atoms. The number of nitrogens with one attached hydrogen (secondary N) is 1. The molecular formula is C30H46N6O2S. The third kappa shape index (κ3) is 6.25. The Labute approximate surface area is 237 Å². The average molecular weight is 555 g/mol. The molecule has 0 bridgehead atoms. The van der Waals surface area contributed by atoms with Crippen LogP contribution < -0.4 is 11.5 Å². The maximum atomic E-state index is 10.9. The molecular weight excluding hydrogens is 508 g/mol. The number of allylic oxidation sites excluding steroid dienone is 2. The summed E-state index contributed by atoms with van der Waals surface area (Å²) in [6.07, 6.45) is 7.93. The molecule has 2 saturated heterocycles. The molecule has 0 radical (unpaired) electrons. The molecule has 39 heavy (non-hydrogen) atoms. The molecule has 0 aliphatic carbocycles. The fourth-order valence-corrected chi connectivity index (χ4v) is 7.48. The van der Waals surface area contributed by atoms with Crippen LogP contribution >= 0.6 is 11.3 Å². The number of hydrogen-bond acceptors (Lipinski definition) is 8. The van der Waals surface area contributed by atoms with Gasteiger partial charge in [-0.05, 0) is 75.3 Å². The summed E-state index contributed by atoms with van der Waals surface area (Å²) in [5.41, 5.74) is 17.6. The van der Waals surface area contributed by atoms with E-state index in [0.29, 0.717) is 24.9 Å². The lowest BCUT2D eigenvalue weighted by molar-refractivity contribution is -0.110. The summed E-state index contributed by atoms with van der Waals surface area (Å²) in [4.78, 5) is 21.1. The Morgan fingerprint density at radius 2 is 2.00 bits per heavy atom. The van der Waals surface area contributed by atoms with Crippen molar-refractivity contribution < 1.29 is 9.53 Å². The summed E-state index contributed by atoms with van der Waals surface area (Å²) in [6.45, 7) is 14.6. The second-order valence-corrected chi connectivity index (χ2v) is 12.2. The number of H-pyrrole nitrogens is 1. The van der Waals surface area contributed by atoms with E-state index in [-0.39, 0.29) is 5.60 Å². The summed E-state index contributed by atoms with van der Waals surface area (Å²) in [5, 5.41) is 10.5. The molecule has 1 atom stereocenters. The van der Waals surface area contributed by atoms with Crippen molar-refractivity contribution in [1.82, 2.24) is 14.8 Å². The highest BCUT2D eigenvalue weighted by atomic mass is 32.1. The third-order valence-electron chi connectivity index (χ3n) is 8.34. The first-order valence-electron chi connectivity index (χ1n) is 13.9. The fourth-order valence-electron chi connectivity index (χ4n) is 6.17. The number of aldehydes is 1. The van der Waals surface area contributed by atoms with Gasteiger partial charge in [0.2, 0.25) is 0 Å². The fraction of sp³-hybridized carbons (Fsp3) is 0.600. The zero-order valence-corrected chi connectivity index (χ0v) is 25.5. The number of thiophene rings is 1. The maximum Gasteiger partial charge on any atom is 0.179 e. The number of likely N-dealkylation sites (N-methyl/N-ethyl adjacent to an activating group) is 1. The molecule has 2 aliphatic rings. The van der Waals surface area contributed by atoms with Crippen molar-refractivity contribution >= 4 is 33.4 Å². The topological polar surface area (TPSA) is 124 Å². The lowest BCUT2D eigenvalue weighted by Gasteiger charge is -2.38. The lowest BCUT2D eigenvalue weighted by atomic mass is 9.84. The van der Waals surface area contributed by atoms with Crippen molar-refractivity contribution in [1.29, 1.82) is 5.26 Å². The number of aryl methyl sites for hydroxylation is 1. The van der Waals surface area contributed by atoms with Crippen LogP contribution in [0.3, 0.4) is 0 Å². The number of ether oxygens (including phenoxy) is 1. The standard InChI is InChI=1S/C29H41N5O2S.CH5N/c1-18(2)24-25-21(5)27(22-13-29(36-16-22)7-9-34(10-8-29)11-12-35)37-28(25)32-26(24)23(14-30)20(4)19(3)15-33(6)17-31;1-2/h12,14,18,22,32H,7-11,13,15-16,30H2,1-6H3;2H2,1H3/b20-19-,23-14+;. The van der Waals surface area contributed by atoms with Crippen molar-refractivity contribution in [2.45, 2.75) is 71.3 Å². The van der Waals surface area contributed by atoms with Crippen LogP contribution in [0.4, 0.5) is 0 Å². The average Bonchev–Trinajstić information content (AvgIpc) is 3.60. The van der Waals surface area contributed by atoms with Gasteiger partial charge in [-0.25, -0.2) is 0 Å². The first kappa shape index (κ1) is 30.9. The Hall–Kier alpha value is -2.64. The van der Waals surface area contributed by atoms with E-state index in [1.807, 2.05) is 11.3 Å². The van der Waals surface area contributed by atoms with Gasteiger partial charge in [-0.1, -0.05) is 13.8 Å². The molecule has 2 fully saturated rings. The summed E-state index contributed by atoms with van der Waals surface area (Å²) in [6, 6.07) is 0. The zero-order chi connectivity index (χ0) is 28.9. The number of aromatic amines is 1. The van der Waals surface area contributed by atoms with Gasteiger partial charge < -0.3 is 30.9 Å². The number of rotatable bonds is 8. The summed E-state index contributed by atoms with van der Waals surface area (Å²) < 4.78 is 6.48. The summed E-state index contributed by atoms with van der Waals surface area (Å²) in [7, 11) is 3.29. The minimum atomic E-state index is -0.0499. The van der Waals surface area contributed by atoms with Crippen LogP contribution in [0, 0.1) is 18.4 Å². The van der Waals surface area contributed by atoms with Crippen molar-refractivity contribution in [3.8, 4) is 6.19 Å². The Morgan fingerprint density at radius 1 is 1.33 bits per heavy atom. The first-order valence-corrected chi connectivity index (χ1v) is 14.7. The van der Waals surface area contributed by atoms with Crippen LogP contribution in [0.25, 0.3) is 15.8 Å². The lowest BCUT2D eigenvalue weighted by Crippen LogP contribution is -2.44. The predicted molar refractivity (Wildman–Crippen MR) is 162 cm³/mol. The molecule has 0 amide bonds. The number of nitrogens with two attached hydrogens (primary N) is 2. The largest absolute Gasteiger partial charge is 0.404 e. The van der Waals surface area contributed by atoms with E-state index in [4.69, 9.17) is 10.5 Å². The number of carbonyl (C=O) groups excluding carboxylic acids is 1. The number of piperidine rings is 1. The van der Waals surface area contributed by atoms with E-state index in [1.54, 1.807) is 18.1 Å². The number of aromatic nitrogens is 1. The second-order valence-electron chi connectivity index (χ2n) is 11.2. The van der Waals surface area contributed by atoms with Gasteiger partial charge >= 0.3 is 0 Å². The Morgan fingerprint density at radius 3 is 2.56 bits per heavy atom. The molecule has 9 heteroatoms. The molecule has 4 rings (SSSR count). The van der Waals surface area contributed by atoms with Crippen LogP contribution in [0.15, 0.2) is 17.3 Å². The van der Waals surface area contributed by atoms with Crippen LogP contribution in [-0.4, -0.2) is 73.6 Å². The van der Waals surface area contributed by atoms with Gasteiger partial charge in [0, 0.05) is 54.6 Å². The molecule has 1 unspecified atom stereocenters. The number of hydrogen-bond donors (Lipinski definition) is 3. The monoisotopic (exact) mass is 554 g/mol. The van der Waals surface area contributed by atoms with Crippen molar-refractivity contribution in [2.75, 3.05) is 46.9 Å². The first-order chi connectivity index (χ1) is 18.6. The van der Waals surface area contributed by atoms with Crippen LogP contribution in [0.2, 0.25) is 0 Å². The maximum absolute atomic E-state index is 10.9. The highest BCUT2D eigenvalue weighted by Gasteiger charge is 2.44. The Balaban J connectivity index is 0.00000205. The van der Waals surface area contributed by atoms with E-state index in [9.17, 15) is 10.1 Å². The van der Waals surface area contributed by atoms with Gasteiger partial charge in [0.25, 0.3) is 0 Å². The van der Waals surface area contributed by atoms with Gasteiger partial charge in [0.15, 0.2) is 6.19 Å². The van der Waals surface area contributed by atoms with Gasteiger partial charge in [-0.2, -0.15) is 5.26 Å². The van der Waals surface area contributed by atoms with E-state index in [0.717, 1.165) is 67.7 Å². The number of carbonyl (C=O) groups is 1. The van der Waals surface area contributed by atoms with Gasteiger partial charge in [-0.3, -0.25) is 4.90 Å². The quantitative estimate of drug-likeness (QED) is 0.185. The van der Waals surface area contributed by atoms with Crippen LogP contribution in [0.1, 0.15) is 80.5 Å². The molecule has 2 aliphatic heterocycles. The van der Waals surface area contributed by atoms with Crippen molar-refractivity contribution in [2.24, 2.45) is 11.5 Å².